The maximum Gasteiger partial charge on any atom is 0.136 e. The molecule has 108 valence electrons. The quantitative estimate of drug-likeness (QED) is 0.865. The monoisotopic (exact) mass is 293 g/mol. The van der Waals surface area contributed by atoms with E-state index in [0.717, 1.165) is 10.9 Å². The van der Waals surface area contributed by atoms with E-state index in [2.05, 4.69) is 4.72 Å². The molecule has 0 aliphatic rings. The third kappa shape index (κ3) is 3.14. The second-order valence-electron chi connectivity index (χ2n) is 5.90. The van der Waals surface area contributed by atoms with Crippen LogP contribution < -0.4 is 4.72 Å². The average Bonchev–Trinajstić information content (AvgIpc) is 2.38. The lowest BCUT2D eigenvalue weighted by Crippen LogP contribution is -2.40. The molecule has 2 atom stereocenters. The molecule has 0 amide bonds. The summed E-state index contributed by atoms with van der Waals surface area (Å²) in [6.07, 6.45) is 0. The molecule has 1 N–H and O–H groups in total. The Hall–Kier alpha value is -1.10. The van der Waals surface area contributed by atoms with Crippen molar-refractivity contribution in [2.24, 2.45) is 0 Å². The minimum atomic E-state index is -1.16. The molecule has 0 aliphatic heterocycles. The first-order valence-corrected chi connectivity index (χ1v) is 7.81. The van der Waals surface area contributed by atoms with E-state index in [-0.39, 0.29) is 16.6 Å². The van der Waals surface area contributed by atoms with Gasteiger partial charge >= 0.3 is 0 Å². The van der Waals surface area contributed by atoms with Gasteiger partial charge in [0, 0.05) is 16.7 Å². The van der Waals surface area contributed by atoms with Crippen LogP contribution in [0.1, 0.15) is 39.3 Å². The zero-order chi connectivity index (χ0) is 14.9. The molecule has 2 aromatic rings. The zero-order valence-electron chi connectivity index (χ0n) is 12.2. The Morgan fingerprint density at radius 3 is 2.30 bits per heavy atom. The summed E-state index contributed by atoms with van der Waals surface area (Å²) in [6, 6.07) is 10.5. The van der Waals surface area contributed by atoms with Gasteiger partial charge in [-0.3, -0.25) is 0 Å². The van der Waals surface area contributed by atoms with Crippen LogP contribution in [0.5, 0.6) is 0 Å². The van der Waals surface area contributed by atoms with E-state index in [1.165, 1.54) is 6.07 Å². The number of rotatable bonds is 3. The molecule has 0 unspecified atom stereocenters. The van der Waals surface area contributed by atoms with E-state index in [1.54, 1.807) is 12.1 Å². The summed E-state index contributed by atoms with van der Waals surface area (Å²) in [7, 11) is 0. The first kappa shape index (κ1) is 15.3. The van der Waals surface area contributed by atoms with Gasteiger partial charge in [0.25, 0.3) is 0 Å². The molecule has 0 radical (unpaired) electrons. The Kier molecular flexibility index (Phi) is 4.37. The molecule has 0 saturated heterocycles. The van der Waals surface area contributed by atoms with E-state index >= 15 is 0 Å². The Bertz CT molecular complexity index is 609. The Labute approximate surface area is 122 Å². The lowest BCUT2D eigenvalue weighted by Gasteiger charge is -2.27. The lowest BCUT2D eigenvalue weighted by molar-refractivity contribution is 0.531. The van der Waals surface area contributed by atoms with E-state index in [4.69, 9.17) is 0 Å². The largest absolute Gasteiger partial charge is 0.598 e. The SMILES string of the molecule is C[C@@H](N[S@+]([O-])C(C)(C)C)c1ccc(F)c2ccccc12. The van der Waals surface area contributed by atoms with Crippen molar-refractivity contribution in [3.8, 4) is 0 Å². The highest BCUT2D eigenvalue weighted by molar-refractivity contribution is 7.90. The number of nitrogens with one attached hydrogen (secondary N) is 1. The molecule has 0 bridgehead atoms. The number of hydrogen-bond donors (Lipinski definition) is 1. The van der Waals surface area contributed by atoms with Crippen molar-refractivity contribution < 1.29 is 8.94 Å². The molecule has 4 heteroatoms. The molecule has 2 nitrogen and oxygen atoms in total. The highest BCUT2D eigenvalue weighted by Gasteiger charge is 2.28. The Balaban J connectivity index is 2.36. The minimum Gasteiger partial charge on any atom is -0.598 e. The first-order chi connectivity index (χ1) is 9.30. The summed E-state index contributed by atoms with van der Waals surface area (Å²) in [6.45, 7) is 7.71. The van der Waals surface area contributed by atoms with Gasteiger partial charge in [-0.15, -0.1) is 4.72 Å². The fourth-order valence-corrected chi connectivity index (χ4v) is 2.87. The normalized spacial score (nSPS) is 15.3. The van der Waals surface area contributed by atoms with Gasteiger partial charge in [0.2, 0.25) is 0 Å². The van der Waals surface area contributed by atoms with Crippen LogP contribution in [0.2, 0.25) is 0 Å². The second-order valence-corrected chi connectivity index (χ2v) is 7.90. The molecule has 0 aromatic heterocycles. The van der Waals surface area contributed by atoms with Gasteiger partial charge in [-0.05, 0) is 44.7 Å². The van der Waals surface area contributed by atoms with E-state index in [1.807, 2.05) is 45.9 Å². The van der Waals surface area contributed by atoms with Crippen LogP contribution in [0.4, 0.5) is 4.39 Å². The molecule has 0 aliphatic carbocycles. The molecule has 2 aromatic carbocycles. The molecule has 0 heterocycles. The van der Waals surface area contributed by atoms with E-state index < -0.39 is 11.4 Å². The molecule has 0 saturated carbocycles. The topological polar surface area (TPSA) is 35.1 Å². The number of halogens is 1. The summed E-state index contributed by atoms with van der Waals surface area (Å²) in [5.41, 5.74) is 0.958. The van der Waals surface area contributed by atoms with Crippen molar-refractivity contribution in [2.45, 2.75) is 38.5 Å². The predicted molar refractivity (Wildman–Crippen MR) is 83.4 cm³/mol. The molecular formula is C16H20FNOS. The predicted octanol–water partition coefficient (Wildman–Crippen LogP) is 4.09. The maximum absolute atomic E-state index is 13.8. The van der Waals surface area contributed by atoms with Crippen molar-refractivity contribution in [2.75, 3.05) is 0 Å². The van der Waals surface area contributed by atoms with Crippen LogP contribution in [0, 0.1) is 5.82 Å². The van der Waals surface area contributed by atoms with Crippen LogP contribution in [-0.4, -0.2) is 9.30 Å². The van der Waals surface area contributed by atoms with Crippen molar-refractivity contribution >= 4 is 22.1 Å². The van der Waals surface area contributed by atoms with Crippen LogP contribution in [-0.2, 0) is 11.4 Å². The molecule has 2 rings (SSSR count). The van der Waals surface area contributed by atoms with Crippen molar-refractivity contribution in [3.63, 3.8) is 0 Å². The van der Waals surface area contributed by atoms with Crippen LogP contribution in [0.25, 0.3) is 10.8 Å². The summed E-state index contributed by atoms with van der Waals surface area (Å²) < 4.78 is 28.7. The summed E-state index contributed by atoms with van der Waals surface area (Å²) in [5, 5.41) is 1.46. The molecule has 20 heavy (non-hydrogen) atoms. The number of benzene rings is 2. The molecule has 0 spiro atoms. The molecular weight excluding hydrogens is 273 g/mol. The zero-order valence-corrected chi connectivity index (χ0v) is 13.1. The van der Waals surface area contributed by atoms with Crippen LogP contribution in [0.15, 0.2) is 36.4 Å². The van der Waals surface area contributed by atoms with Gasteiger partial charge in [-0.1, -0.05) is 30.3 Å². The summed E-state index contributed by atoms with van der Waals surface area (Å²) in [5.74, 6) is -0.228. The van der Waals surface area contributed by atoms with Gasteiger partial charge in [-0.2, -0.15) is 0 Å². The van der Waals surface area contributed by atoms with Crippen molar-refractivity contribution in [1.29, 1.82) is 0 Å². The van der Waals surface area contributed by atoms with Gasteiger partial charge < -0.3 is 4.55 Å². The van der Waals surface area contributed by atoms with Gasteiger partial charge in [0.05, 0.1) is 6.04 Å². The van der Waals surface area contributed by atoms with Gasteiger partial charge in [-0.25, -0.2) is 4.39 Å². The first-order valence-electron chi connectivity index (χ1n) is 6.66. The fraction of sp³-hybridized carbons (Fsp3) is 0.375. The van der Waals surface area contributed by atoms with Crippen LogP contribution >= 0.6 is 0 Å². The third-order valence-electron chi connectivity index (χ3n) is 3.21. The smallest absolute Gasteiger partial charge is 0.136 e. The lowest BCUT2D eigenvalue weighted by atomic mass is 10.00. The van der Waals surface area contributed by atoms with Crippen molar-refractivity contribution in [1.82, 2.24) is 4.72 Å². The number of fused-ring (bicyclic) bond motifs is 1. The van der Waals surface area contributed by atoms with Crippen LogP contribution in [0.3, 0.4) is 0 Å². The Morgan fingerprint density at radius 2 is 1.70 bits per heavy atom. The third-order valence-corrected chi connectivity index (χ3v) is 4.89. The maximum atomic E-state index is 13.8. The van der Waals surface area contributed by atoms with Crippen molar-refractivity contribution in [3.05, 3.63) is 47.8 Å². The highest BCUT2D eigenvalue weighted by atomic mass is 32.2. The van der Waals surface area contributed by atoms with Gasteiger partial charge in [0.1, 0.15) is 10.6 Å². The van der Waals surface area contributed by atoms with E-state index in [9.17, 15) is 8.94 Å². The van der Waals surface area contributed by atoms with E-state index in [0.29, 0.717) is 5.39 Å². The highest BCUT2D eigenvalue weighted by Crippen LogP contribution is 2.28. The number of hydrogen-bond acceptors (Lipinski definition) is 2. The second kappa shape index (κ2) is 5.72. The average molecular weight is 293 g/mol. The van der Waals surface area contributed by atoms with Gasteiger partial charge in [0.15, 0.2) is 0 Å². The minimum absolute atomic E-state index is 0.111. The standard InChI is InChI=1S/C16H20FNOS/c1-11(18-20(19)16(2,3)4)12-9-10-15(17)14-8-6-5-7-13(12)14/h5-11,18H,1-4H3/t11-,20-/m1/s1. The molecule has 0 fully saturated rings. The summed E-state index contributed by atoms with van der Waals surface area (Å²) in [4.78, 5) is 0. The Morgan fingerprint density at radius 1 is 1.10 bits per heavy atom. The summed E-state index contributed by atoms with van der Waals surface area (Å²) >= 11 is -1.16. The fourth-order valence-electron chi connectivity index (χ4n) is 2.06.